The molecule has 0 fully saturated rings. The van der Waals surface area contributed by atoms with Gasteiger partial charge < -0.3 is 14.6 Å². The van der Waals surface area contributed by atoms with Crippen LogP contribution in [0.3, 0.4) is 0 Å². The van der Waals surface area contributed by atoms with E-state index in [0.29, 0.717) is 18.1 Å². The van der Waals surface area contributed by atoms with Crippen molar-refractivity contribution in [2.75, 3.05) is 25.2 Å². The van der Waals surface area contributed by atoms with Crippen LogP contribution in [0.2, 0.25) is 0 Å². The first-order chi connectivity index (χ1) is 22.6. The van der Waals surface area contributed by atoms with Gasteiger partial charge in [-0.2, -0.15) is 11.8 Å². The molecule has 5 unspecified atom stereocenters. The van der Waals surface area contributed by atoms with Crippen LogP contribution in [0.5, 0.6) is 0 Å². The Labute approximate surface area is 287 Å². The van der Waals surface area contributed by atoms with E-state index in [2.05, 4.69) is 99.6 Å². The van der Waals surface area contributed by atoms with Crippen molar-refractivity contribution in [3.05, 3.63) is 108 Å². The predicted octanol–water partition coefficient (Wildman–Crippen LogP) is 9.23. The van der Waals surface area contributed by atoms with E-state index >= 15 is 0 Å². The van der Waals surface area contributed by atoms with Crippen LogP contribution in [-0.4, -0.2) is 48.4 Å². The number of thioether (sulfide) groups is 1. The number of carbonyl (C=O) groups excluding carboxylic acids is 2. The summed E-state index contributed by atoms with van der Waals surface area (Å²) in [5.74, 6) is 0.871. The van der Waals surface area contributed by atoms with Gasteiger partial charge in [-0.3, -0.25) is 9.59 Å². The zero-order valence-electron chi connectivity index (χ0n) is 29.3. The van der Waals surface area contributed by atoms with Gasteiger partial charge in [0.2, 0.25) is 0 Å². The van der Waals surface area contributed by atoms with Gasteiger partial charge in [0.1, 0.15) is 6.61 Å². The second-order valence-electron chi connectivity index (χ2n) is 13.6. The molecule has 0 radical (unpaired) electrons. The Bertz CT molecular complexity index is 1290. The zero-order chi connectivity index (χ0) is 34.3. The summed E-state index contributed by atoms with van der Waals surface area (Å²) >= 11 is 1.65. The van der Waals surface area contributed by atoms with Crippen LogP contribution in [0.25, 0.3) is 0 Å². The van der Waals surface area contributed by atoms with Crippen molar-refractivity contribution < 1.29 is 24.2 Å². The quantitative estimate of drug-likeness (QED) is 0.0962. The second kappa shape index (κ2) is 19.0. The third-order valence-electron chi connectivity index (χ3n) is 9.51. The molecular formula is C41H56O5S. The molecule has 3 rings (SSSR count). The van der Waals surface area contributed by atoms with E-state index in [-0.39, 0.29) is 24.9 Å². The van der Waals surface area contributed by atoms with Crippen molar-refractivity contribution in [1.82, 2.24) is 0 Å². The van der Waals surface area contributed by atoms with Crippen LogP contribution in [0.4, 0.5) is 0 Å². The van der Waals surface area contributed by atoms with Gasteiger partial charge in [0.05, 0.1) is 24.5 Å². The zero-order valence-corrected chi connectivity index (χ0v) is 30.1. The van der Waals surface area contributed by atoms with E-state index in [9.17, 15) is 14.7 Å². The number of methoxy groups -OCH3 is 1. The van der Waals surface area contributed by atoms with Gasteiger partial charge in [0.25, 0.3) is 0 Å². The van der Waals surface area contributed by atoms with Crippen molar-refractivity contribution in [3.8, 4) is 0 Å². The first kappa shape index (κ1) is 38.4. The van der Waals surface area contributed by atoms with E-state index in [1.807, 2.05) is 26.0 Å². The van der Waals surface area contributed by atoms with Crippen molar-refractivity contribution in [3.63, 3.8) is 0 Å². The highest BCUT2D eigenvalue weighted by molar-refractivity contribution is 7.99. The van der Waals surface area contributed by atoms with Gasteiger partial charge in [-0.05, 0) is 73.3 Å². The number of hydrogen-bond acceptors (Lipinski definition) is 6. The Balaban J connectivity index is 2.19. The van der Waals surface area contributed by atoms with Crippen LogP contribution < -0.4 is 0 Å². The lowest BCUT2D eigenvalue weighted by atomic mass is 9.59. The van der Waals surface area contributed by atoms with Crippen molar-refractivity contribution in [1.29, 1.82) is 0 Å². The number of carbonyl (C=O) groups is 2. The summed E-state index contributed by atoms with van der Waals surface area (Å²) in [4.78, 5) is 27.2. The minimum Gasteiger partial charge on any atom is -0.469 e. The lowest BCUT2D eigenvalue weighted by Crippen LogP contribution is -2.43. The number of aliphatic hydroxyl groups is 1. The van der Waals surface area contributed by atoms with Crippen molar-refractivity contribution >= 4 is 23.7 Å². The van der Waals surface area contributed by atoms with Crippen LogP contribution in [0.1, 0.15) is 95.8 Å². The topological polar surface area (TPSA) is 72.8 Å². The monoisotopic (exact) mass is 660 g/mol. The van der Waals surface area contributed by atoms with Gasteiger partial charge >= 0.3 is 11.9 Å². The number of benzene rings is 3. The number of esters is 2. The molecule has 0 aromatic heterocycles. The Morgan fingerprint density at radius 1 is 0.851 bits per heavy atom. The molecule has 0 saturated heterocycles. The maximum atomic E-state index is 14.4. The highest BCUT2D eigenvalue weighted by Gasteiger charge is 2.48. The Morgan fingerprint density at radius 2 is 1.40 bits per heavy atom. The van der Waals surface area contributed by atoms with Crippen molar-refractivity contribution in [2.45, 2.75) is 90.6 Å². The predicted molar refractivity (Wildman–Crippen MR) is 195 cm³/mol. The number of rotatable bonds is 20. The van der Waals surface area contributed by atoms with Gasteiger partial charge in [-0.15, -0.1) is 0 Å². The molecule has 0 saturated carbocycles. The fraction of sp³-hybridized carbons (Fsp3) is 0.512. The van der Waals surface area contributed by atoms with Gasteiger partial charge in [0.15, 0.2) is 0 Å². The third kappa shape index (κ3) is 11.0. The van der Waals surface area contributed by atoms with E-state index in [4.69, 9.17) is 9.47 Å². The maximum Gasteiger partial charge on any atom is 0.311 e. The Hall–Kier alpha value is -3.09. The molecule has 0 spiro atoms. The highest BCUT2D eigenvalue weighted by atomic mass is 32.2. The first-order valence-electron chi connectivity index (χ1n) is 17.2. The molecule has 0 aliphatic heterocycles. The molecule has 0 heterocycles. The molecule has 0 amide bonds. The SMILES string of the molecule is CCCSCC(O)COC(=O)C(C)(CC(C)C(=O)OC)CC(CC(CC(C)CC)c1ccccc1)(c1ccccc1)c1ccccc1. The molecule has 1 N–H and O–H groups in total. The average Bonchev–Trinajstić information content (AvgIpc) is 3.10. The summed E-state index contributed by atoms with van der Waals surface area (Å²) in [6.45, 7) is 10.3. The summed E-state index contributed by atoms with van der Waals surface area (Å²) in [5, 5.41) is 10.7. The summed E-state index contributed by atoms with van der Waals surface area (Å²) in [5.41, 5.74) is 1.85. The largest absolute Gasteiger partial charge is 0.469 e. The Kier molecular flexibility index (Phi) is 15.5. The molecule has 6 heteroatoms. The number of hydrogen-bond donors (Lipinski definition) is 1. The second-order valence-corrected chi connectivity index (χ2v) is 14.7. The van der Waals surface area contributed by atoms with E-state index in [1.54, 1.807) is 11.8 Å². The molecule has 5 nitrogen and oxygen atoms in total. The standard InChI is InChI=1S/C41H56O5S/c1-7-24-47-29-37(42)28-46-39(44)40(5,26-32(4)38(43)45-6)30-41(35-20-14-10-15-21-35,36-22-16-11-17-23-36)27-34(25-31(3)8-2)33-18-12-9-13-19-33/h9-23,31-32,34,37,42H,7-8,24-30H2,1-6H3. The van der Waals surface area contributed by atoms with E-state index in [1.165, 1.54) is 12.7 Å². The van der Waals surface area contributed by atoms with E-state index in [0.717, 1.165) is 42.6 Å². The third-order valence-corrected chi connectivity index (χ3v) is 10.8. The van der Waals surface area contributed by atoms with Gasteiger partial charge in [0, 0.05) is 11.2 Å². The normalized spacial score (nSPS) is 15.6. The molecule has 5 atom stereocenters. The first-order valence-corrected chi connectivity index (χ1v) is 18.4. The van der Waals surface area contributed by atoms with Crippen LogP contribution in [0, 0.1) is 17.3 Å². The van der Waals surface area contributed by atoms with Gasteiger partial charge in [-0.25, -0.2) is 0 Å². The lowest BCUT2D eigenvalue weighted by molar-refractivity contribution is -0.161. The summed E-state index contributed by atoms with van der Waals surface area (Å²) in [6.07, 6.45) is 3.77. The smallest absolute Gasteiger partial charge is 0.311 e. The molecule has 3 aromatic rings. The summed E-state index contributed by atoms with van der Waals surface area (Å²) < 4.78 is 11.1. The minimum atomic E-state index is -1.08. The van der Waals surface area contributed by atoms with E-state index < -0.39 is 28.8 Å². The molecule has 0 bridgehead atoms. The maximum absolute atomic E-state index is 14.4. The summed E-state index contributed by atoms with van der Waals surface area (Å²) in [6, 6.07) is 31.7. The molecule has 0 aliphatic carbocycles. The number of ether oxygens (including phenoxy) is 2. The minimum absolute atomic E-state index is 0.0813. The molecule has 0 aliphatic rings. The lowest BCUT2D eigenvalue weighted by Gasteiger charge is -2.44. The molecule has 3 aromatic carbocycles. The molecule has 256 valence electrons. The fourth-order valence-corrected chi connectivity index (χ4v) is 7.76. The average molecular weight is 661 g/mol. The van der Waals surface area contributed by atoms with Crippen molar-refractivity contribution in [2.24, 2.45) is 17.3 Å². The van der Waals surface area contributed by atoms with Crippen LogP contribution >= 0.6 is 11.8 Å². The highest BCUT2D eigenvalue weighted by Crippen LogP contribution is 2.51. The summed E-state index contributed by atoms with van der Waals surface area (Å²) in [7, 11) is 1.39. The van der Waals surface area contributed by atoms with Crippen LogP contribution in [0.15, 0.2) is 91.0 Å². The molecule has 47 heavy (non-hydrogen) atoms. The number of aliphatic hydroxyl groups excluding tert-OH is 1. The fourth-order valence-electron chi connectivity index (χ4n) is 6.94. The van der Waals surface area contributed by atoms with Crippen LogP contribution in [-0.2, 0) is 24.5 Å². The Morgan fingerprint density at radius 3 is 1.91 bits per heavy atom. The molecular weight excluding hydrogens is 605 g/mol. The van der Waals surface area contributed by atoms with Gasteiger partial charge in [-0.1, -0.05) is 125 Å².